The Morgan fingerprint density at radius 1 is 1.08 bits per heavy atom. The van der Waals surface area contributed by atoms with Crippen LogP contribution in [0.15, 0.2) is 0 Å². The summed E-state index contributed by atoms with van der Waals surface area (Å²) >= 11 is 0. The molecule has 0 saturated heterocycles. The molecule has 0 amide bonds. The standard InChI is InChI=1S/C13H22/c1-2-13-9-5-8-11(13)12(13)10-6-3-4-7-10/h10-12H,2-9H2,1H3. The van der Waals surface area contributed by atoms with Gasteiger partial charge in [-0.2, -0.15) is 0 Å². The molecule has 0 aliphatic heterocycles. The quantitative estimate of drug-likeness (QED) is 0.599. The second-order valence-corrected chi connectivity index (χ2v) is 5.66. The molecular formula is C13H22. The van der Waals surface area contributed by atoms with Gasteiger partial charge in [-0.1, -0.05) is 39.0 Å². The zero-order chi connectivity index (χ0) is 8.89. The maximum Gasteiger partial charge on any atom is -0.0235 e. The molecular weight excluding hydrogens is 156 g/mol. The van der Waals surface area contributed by atoms with E-state index in [0.717, 1.165) is 11.3 Å². The smallest absolute Gasteiger partial charge is 0.0235 e. The molecule has 3 saturated carbocycles. The van der Waals surface area contributed by atoms with E-state index in [2.05, 4.69) is 6.92 Å². The van der Waals surface area contributed by atoms with Crippen LogP contribution in [0, 0.1) is 23.2 Å². The first-order valence-electron chi connectivity index (χ1n) is 6.38. The van der Waals surface area contributed by atoms with Gasteiger partial charge in [-0.3, -0.25) is 0 Å². The van der Waals surface area contributed by atoms with Crippen LogP contribution in [0.3, 0.4) is 0 Å². The van der Waals surface area contributed by atoms with Crippen molar-refractivity contribution in [3.8, 4) is 0 Å². The first kappa shape index (κ1) is 8.32. The highest BCUT2D eigenvalue weighted by Gasteiger charge is 2.66. The molecule has 0 bridgehead atoms. The SMILES string of the molecule is CCC12CCCC1C2C1CCCC1. The van der Waals surface area contributed by atoms with Crippen molar-refractivity contribution in [2.75, 3.05) is 0 Å². The van der Waals surface area contributed by atoms with Crippen molar-refractivity contribution < 1.29 is 0 Å². The fourth-order valence-electron chi connectivity index (χ4n) is 4.87. The van der Waals surface area contributed by atoms with E-state index >= 15 is 0 Å². The molecule has 0 heteroatoms. The predicted molar refractivity (Wildman–Crippen MR) is 55.5 cm³/mol. The number of hydrogen-bond acceptors (Lipinski definition) is 0. The molecule has 3 aliphatic carbocycles. The van der Waals surface area contributed by atoms with Gasteiger partial charge in [-0.05, 0) is 42.4 Å². The fraction of sp³-hybridized carbons (Fsp3) is 1.00. The van der Waals surface area contributed by atoms with Gasteiger partial charge in [0.05, 0.1) is 0 Å². The van der Waals surface area contributed by atoms with Gasteiger partial charge in [-0.25, -0.2) is 0 Å². The van der Waals surface area contributed by atoms with Crippen molar-refractivity contribution >= 4 is 0 Å². The Morgan fingerprint density at radius 2 is 1.85 bits per heavy atom. The topological polar surface area (TPSA) is 0 Å². The van der Waals surface area contributed by atoms with Gasteiger partial charge in [0.1, 0.15) is 0 Å². The molecule has 3 aliphatic rings. The molecule has 3 fully saturated rings. The number of fused-ring (bicyclic) bond motifs is 1. The van der Waals surface area contributed by atoms with Gasteiger partial charge in [0.25, 0.3) is 0 Å². The third kappa shape index (κ3) is 0.980. The van der Waals surface area contributed by atoms with Gasteiger partial charge >= 0.3 is 0 Å². The molecule has 0 spiro atoms. The summed E-state index contributed by atoms with van der Waals surface area (Å²) in [5.41, 5.74) is 0.884. The predicted octanol–water partition coefficient (Wildman–Crippen LogP) is 4.00. The minimum absolute atomic E-state index is 0.884. The zero-order valence-electron chi connectivity index (χ0n) is 8.89. The highest BCUT2D eigenvalue weighted by molar-refractivity contribution is 5.15. The Bertz CT molecular complexity index is 197. The first-order valence-corrected chi connectivity index (χ1v) is 6.38. The van der Waals surface area contributed by atoms with Crippen LogP contribution in [-0.4, -0.2) is 0 Å². The molecule has 3 rings (SSSR count). The van der Waals surface area contributed by atoms with Gasteiger partial charge in [0, 0.05) is 0 Å². The third-order valence-corrected chi connectivity index (χ3v) is 5.45. The van der Waals surface area contributed by atoms with E-state index in [4.69, 9.17) is 0 Å². The van der Waals surface area contributed by atoms with Gasteiger partial charge in [-0.15, -0.1) is 0 Å². The molecule has 0 radical (unpaired) electrons. The molecule has 3 atom stereocenters. The summed E-state index contributed by atoms with van der Waals surface area (Å²) in [6.07, 6.45) is 12.4. The lowest BCUT2D eigenvalue weighted by molar-refractivity contribution is 0.331. The van der Waals surface area contributed by atoms with Crippen LogP contribution in [0.25, 0.3) is 0 Å². The molecule has 13 heavy (non-hydrogen) atoms. The summed E-state index contributed by atoms with van der Waals surface area (Å²) in [5, 5.41) is 0. The first-order chi connectivity index (χ1) is 6.38. The summed E-state index contributed by atoms with van der Waals surface area (Å²) in [4.78, 5) is 0. The van der Waals surface area contributed by atoms with Crippen LogP contribution in [0.4, 0.5) is 0 Å². The molecule has 3 unspecified atom stereocenters. The Hall–Kier alpha value is 0. The maximum absolute atomic E-state index is 2.44. The molecule has 0 N–H and O–H groups in total. The highest BCUT2D eigenvalue weighted by atomic mass is 14.7. The van der Waals surface area contributed by atoms with Crippen LogP contribution >= 0.6 is 0 Å². The summed E-state index contributed by atoms with van der Waals surface area (Å²) in [5.74, 6) is 3.53. The van der Waals surface area contributed by atoms with Crippen molar-refractivity contribution in [1.82, 2.24) is 0 Å². The van der Waals surface area contributed by atoms with Crippen LogP contribution < -0.4 is 0 Å². The van der Waals surface area contributed by atoms with E-state index in [0.29, 0.717) is 0 Å². The molecule has 0 heterocycles. The van der Waals surface area contributed by atoms with Crippen molar-refractivity contribution in [2.24, 2.45) is 23.2 Å². The maximum atomic E-state index is 2.44. The lowest BCUT2D eigenvalue weighted by Crippen LogP contribution is -2.08. The molecule has 0 aromatic rings. The van der Waals surface area contributed by atoms with Crippen molar-refractivity contribution in [3.63, 3.8) is 0 Å². The Labute approximate surface area is 82.1 Å². The van der Waals surface area contributed by atoms with Crippen LogP contribution in [0.2, 0.25) is 0 Å². The van der Waals surface area contributed by atoms with Crippen molar-refractivity contribution in [3.05, 3.63) is 0 Å². The van der Waals surface area contributed by atoms with Crippen LogP contribution in [0.5, 0.6) is 0 Å². The van der Waals surface area contributed by atoms with E-state index in [1.807, 2.05) is 0 Å². The second kappa shape index (κ2) is 2.74. The Balaban J connectivity index is 1.74. The fourth-order valence-corrected chi connectivity index (χ4v) is 4.87. The second-order valence-electron chi connectivity index (χ2n) is 5.66. The summed E-state index contributed by atoms with van der Waals surface area (Å²) in [6.45, 7) is 2.44. The van der Waals surface area contributed by atoms with E-state index < -0.39 is 0 Å². The monoisotopic (exact) mass is 178 g/mol. The zero-order valence-corrected chi connectivity index (χ0v) is 8.89. The summed E-state index contributed by atoms with van der Waals surface area (Å²) < 4.78 is 0. The van der Waals surface area contributed by atoms with Crippen molar-refractivity contribution in [2.45, 2.75) is 58.3 Å². The van der Waals surface area contributed by atoms with E-state index in [1.165, 1.54) is 31.1 Å². The summed E-state index contributed by atoms with van der Waals surface area (Å²) in [7, 11) is 0. The van der Waals surface area contributed by atoms with Crippen LogP contribution in [0.1, 0.15) is 58.3 Å². The van der Waals surface area contributed by atoms with E-state index in [9.17, 15) is 0 Å². The lowest BCUT2D eigenvalue weighted by atomic mass is 9.88. The summed E-state index contributed by atoms with van der Waals surface area (Å²) in [6, 6.07) is 0. The highest BCUT2D eigenvalue weighted by Crippen LogP contribution is 2.74. The van der Waals surface area contributed by atoms with E-state index in [-0.39, 0.29) is 0 Å². The van der Waals surface area contributed by atoms with Crippen LogP contribution in [-0.2, 0) is 0 Å². The third-order valence-electron chi connectivity index (χ3n) is 5.45. The largest absolute Gasteiger partial charge is 0.0648 e. The van der Waals surface area contributed by atoms with E-state index in [1.54, 1.807) is 32.1 Å². The van der Waals surface area contributed by atoms with Gasteiger partial charge < -0.3 is 0 Å². The van der Waals surface area contributed by atoms with Gasteiger partial charge in [0.2, 0.25) is 0 Å². The van der Waals surface area contributed by atoms with Gasteiger partial charge in [0.15, 0.2) is 0 Å². The number of rotatable bonds is 2. The average Bonchev–Trinajstić information content (AvgIpc) is 2.68. The normalized spacial score (nSPS) is 49.6. The molecule has 0 nitrogen and oxygen atoms in total. The molecule has 74 valence electrons. The number of hydrogen-bond donors (Lipinski definition) is 0. The Kier molecular flexibility index (Phi) is 1.76. The minimum atomic E-state index is 0.884. The molecule has 0 aromatic carbocycles. The molecule has 0 aromatic heterocycles. The Morgan fingerprint density at radius 3 is 2.46 bits per heavy atom. The lowest BCUT2D eigenvalue weighted by Gasteiger charge is -2.17. The average molecular weight is 178 g/mol. The van der Waals surface area contributed by atoms with Crippen molar-refractivity contribution in [1.29, 1.82) is 0 Å². The minimum Gasteiger partial charge on any atom is -0.0648 e.